The molecule has 0 heterocycles. The number of hydrogen-bond acceptors (Lipinski definition) is 2. The number of aliphatic hydroxyl groups is 1. The minimum Gasteiger partial charge on any atom is -0.378 e. The summed E-state index contributed by atoms with van der Waals surface area (Å²) in [4.78, 5) is 14.8. The van der Waals surface area contributed by atoms with Gasteiger partial charge in [-0.15, -0.1) is 0 Å². The van der Waals surface area contributed by atoms with E-state index in [1.807, 2.05) is 43.0 Å². The molecule has 0 unspecified atom stereocenters. The summed E-state index contributed by atoms with van der Waals surface area (Å²) in [6.45, 7) is 9.97. The van der Waals surface area contributed by atoms with Gasteiger partial charge < -0.3 is 10.0 Å². The lowest BCUT2D eigenvalue weighted by molar-refractivity contribution is 0.0690. The molecule has 0 aliphatic rings. The minimum absolute atomic E-state index is 0.00324. The molecule has 3 heteroatoms. The molecule has 0 fully saturated rings. The van der Waals surface area contributed by atoms with E-state index < -0.39 is 5.60 Å². The van der Waals surface area contributed by atoms with E-state index in [0.717, 1.165) is 11.1 Å². The lowest BCUT2D eigenvalue weighted by atomic mass is 10.1. The molecule has 0 aliphatic carbocycles. The molecule has 136 valence electrons. The Labute approximate surface area is 156 Å². The first kappa shape index (κ1) is 19.8. The number of carbonyl (C=O) groups excluding carboxylic acids is 1. The van der Waals surface area contributed by atoms with E-state index in [9.17, 15) is 9.90 Å². The summed E-state index contributed by atoms with van der Waals surface area (Å²) in [7, 11) is 0. The largest absolute Gasteiger partial charge is 0.378 e. The third-order valence-electron chi connectivity index (χ3n) is 3.96. The maximum Gasteiger partial charge on any atom is 0.254 e. The van der Waals surface area contributed by atoms with Crippen LogP contribution >= 0.6 is 0 Å². The van der Waals surface area contributed by atoms with Crippen LogP contribution in [0.3, 0.4) is 0 Å². The van der Waals surface area contributed by atoms with Gasteiger partial charge in [0.15, 0.2) is 0 Å². The molecule has 3 nitrogen and oxygen atoms in total. The average molecular weight is 349 g/mol. The normalized spacial score (nSPS) is 11.0. The second-order valence-corrected chi connectivity index (χ2v) is 7.40. The van der Waals surface area contributed by atoms with Gasteiger partial charge in [-0.3, -0.25) is 4.79 Å². The van der Waals surface area contributed by atoms with Crippen molar-refractivity contribution in [3.8, 4) is 11.8 Å². The Bertz CT molecular complexity index is 818. The molecule has 0 aromatic heterocycles. The number of amides is 1. The fourth-order valence-electron chi connectivity index (χ4n) is 2.58. The molecular weight excluding hydrogens is 322 g/mol. The maximum atomic E-state index is 13.0. The molecule has 2 aromatic carbocycles. The lowest BCUT2D eigenvalue weighted by Gasteiger charge is -2.27. The molecule has 0 saturated carbocycles. The fraction of sp³-hybridized carbons (Fsp3) is 0.348. The van der Waals surface area contributed by atoms with Crippen molar-refractivity contribution in [2.75, 3.05) is 0 Å². The molecule has 0 aliphatic heterocycles. The van der Waals surface area contributed by atoms with Crippen molar-refractivity contribution in [3.63, 3.8) is 0 Å². The predicted octanol–water partition coefficient (Wildman–Crippen LogP) is 4.17. The van der Waals surface area contributed by atoms with Crippen LogP contribution in [0.25, 0.3) is 0 Å². The third-order valence-corrected chi connectivity index (χ3v) is 3.96. The van der Waals surface area contributed by atoms with Crippen molar-refractivity contribution in [2.24, 2.45) is 0 Å². The number of hydrogen-bond donors (Lipinski definition) is 1. The summed E-state index contributed by atoms with van der Waals surface area (Å²) in [5.41, 5.74) is 2.70. The first-order valence-corrected chi connectivity index (χ1v) is 8.88. The fourth-order valence-corrected chi connectivity index (χ4v) is 2.58. The standard InChI is InChI=1S/C23H27NO2/c1-17(2)24(16-20-8-6-7-18(3)15-20)22(25)21-11-9-19(10-12-21)13-14-23(4,5)26/h6-12,15,17,26H,16H2,1-5H3. The summed E-state index contributed by atoms with van der Waals surface area (Å²) in [6.07, 6.45) is 0. The van der Waals surface area contributed by atoms with Crippen molar-refractivity contribution in [3.05, 3.63) is 70.8 Å². The first-order valence-electron chi connectivity index (χ1n) is 8.88. The topological polar surface area (TPSA) is 40.5 Å². The van der Waals surface area contributed by atoms with Gasteiger partial charge in [0.2, 0.25) is 0 Å². The Hall–Kier alpha value is -2.57. The van der Waals surface area contributed by atoms with E-state index in [1.54, 1.807) is 26.0 Å². The predicted molar refractivity (Wildman–Crippen MR) is 106 cm³/mol. The summed E-state index contributed by atoms with van der Waals surface area (Å²) < 4.78 is 0. The quantitative estimate of drug-likeness (QED) is 0.842. The Kier molecular flexibility index (Phi) is 6.23. The van der Waals surface area contributed by atoms with Gasteiger partial charge in [-0.2, -0.15) is 0 Å². The van der Waals surface area contributed by atoms with Crippen LogP contribution in [0.5, 0.6) is 0 Å². The van der Waals surface area contributed by atoms with Gasteiger partial charge in [-0.05, 0) is 64.4 Å². The van der Waals surface area contributed by atoms with Gasteiger partial charge in [-0.25, -0.2) is 0 Å². The summed E-state index contributed by atoms with van der Waals surface area (Å²) in [5.74, 6) is 5.70. The first-order chi connectivity index (χ1) is 12.2. The smallest absolute Gasteiger partial charge is 0.254 e. The van der Waals surface area contributed by atoms with Gasteiger partial charge in [0, 0.05) is 23.7 Å². The lowest BCUT2D eigenvalue weighted by Crippen LogP contribution is -2.36. The Balaban J connectivity index is 2.19. The highest BCUT2D eigenvalue weighted by Crippen LogP contribution is 2.15. The van der Waals surface area contributed by atoms with Crippen LogP contribution in [0.4, 0.5) is 0 Å². The Morgan fingerprint density at radius 1 is 1.15 bits per heavy atom. The molecule has 1 N–H and O–H groups in total. The number of nitrogens with zero attached hydrogens (tertiary/aromatic N) is 1. The second-order valence-electron chi connectivity index (χ2n) is 7.40. The van der Waals surface area contributed by atoms with Gasteiger partial charge in [0.05, 0.1) is 0 Å². The zero-order valence-corrected chi connectivity index (χ0v) is 16.2. The van der Waals surface area contributed by atoms with E-state index in [2.05, 4.69) is 30.9 Å². The minimum atomic E-state index is -1.03. The van der Waals surface area contributed by atoms with Crippen LogP contribution in [-0.2, 0) is 6.54 Å². The van der Waals surface area contributed by atoms with Crippen molar-refractivity contribution >= 4 is 5.91 Å². The number of rotatable bonds is 4. The van der Waals surface area contributed by atoms with Crippen LogP contribution in [0.2, 0.25) is 0 Å². The third kappa shape index (κ3) is 5.75. The van der Waals surface area contributed by atoms with E-state index in [-0.39, 0.29) is 11.9 Å². The number of carbonyl (C=O) groups is 1. The van der Waals surface area contributed by atoms with Gasteiger partial charge in [0.25, 0.3) is 5.91 Å². The highest BCUT2D eigenvalue weighted by molar-refractivity contribution is 5.94. The zero-order chi connectivity index (χ0) is 19.3. The number of aryl methyl sites for hydroxylation is 1. The monoisotopic (exact) mass is 349 g/mol. The van der Waals surface area contributed by atoms with Crippen molar-refractivity contribution in [1.82, 2.24) is 4.90 Å². The highest BCUT2D eigenvalue weighted by Gasteiger charge is 2.19. The summed E-state index contributed by atoms with van der Waals surface area (Å²) in [6, 6.07) is 15.5. The summed E-state index contributed by atoms with van der Waals surface area (Å²) in [5, 5.41) is 9.68. The summed E-state index contributed by atoms with van der Waals surface area (Å²) >= 11 is 0. The average Bonchev–Trinajstić information content (AvgIpc) is 2.57. The van der Waals surface area contributed by atoms with Crippen molar-refractivity contribution in [2.45, 2.75) is 52.8 Å². The molecule has 0 atom stereocenters. The van der Waals surface area contributed by atoms with Crippen LogP contribution in [0.1, 0.15) is 54.7 Å². The van der Waals surface area contributed by atoms with Crippen LogP contribution in [0, 0.1) is 18.8 Å². The van der Waals surface area contributed by atoms with Crippen molar-refractivity contribution < 1.29 is 9.90 Å². The molecule has 2 rings (SSSR count). The van der Waals surface area contributed by atoms with Crippen molar-refractivity contribution in [1.29, 1.82) is 0 Å². The molecule has 0 spiro atoms. The van der Waals surface area contributed by atoms with Crippen LogP contribution < -0.4 is 0 Å². The Morgan fingerprint density at radius 3 is 2.35 bits per heavy atom. The molecule has 0 bridgehead atoms. The zero-order valence-electron chi connectivity index (χ0n) is 16.2. The molecular formula is C23H27NO2. The van der Waals surface area contributed by atoms with Gasteiger partial charge in [-0.1, -0.05) is 41.7 Å². The van der Waals surface area contributed by atoms with E-state index >= 15 is 0 Å². The van der Waals surface area contributed by atoms with Gasteiger partial charge >= 0.3 is 0 Å². The maximum absolute atomic E-state index is 13.0. The SMILES string of the molecule is Cc1cccc(CN(C(=O)c2ccc(C#CC(C)(C)O)cc2)C(C)C)c1. The van der Waals surface area contributed by atoms with E-state index in [1.165, 1.54) is 5.56 Å². The molecule has 0 saturated heterocycles. The second kappa shape index (κ2) is 8.21. The van der Waals surface area contributed by atoms with Gasteiger partial charge in [0.1, 0.15) is 5.60 Å². The highest BCUT2D eigenvalue weighted by atomic mass is 16.3. The number of benzene rings is 2. The molecule has 2 aromatic rings. The molecule has 26 heavy (non-hydrogen) atoms. The molecule has 1 amide bonds. The van der Waals surface area contributed by atoms with Crippen LogP contribution in [0.15, 0.2) is 48.5 Å². The Morgan fingerprint density at radius 2 is 1.81 bits per heavy atom. The van der Waals surface area contributed by atoms with Crippen LogP contribution in [-0.4, -0.2) is 27.6 Å². The van der Waals surface area contributed by atoms with E-state index in [0.29, 0.717) is 12.1 Å². The molecule has 0 radical (unpaired) electrons. The van der Waals surface area contributed by atoms with E-state index in [4.69, 9.17) is 0 Å².